The largest absolute Gasteiger partial charge is 0.395 e. The van der Waals surface area contributed by atoms with Crippen molar-refractivity contribution in [2.45, 2.75) is 26.3 Å². The molecule has 3 heteroatoms. The Labute approximate surface area is 83.1 Å². The van der Waals surface area contributed by atoms with E-state index in [2.05, 4.69) is 48.3 Å². The molecule has 0 saturated heterocycles. The van der Waals surface area contributed by atoms with E-state index in [-0.39, 0.29) is 12.1 Å². The van der Waals surface area contributed by atoms with Crippen LogP contribution in [0.15, 0.2) is 0 Å². The summed E-state index contributed by atoms with van der Waals surface area (Å²) in [6.07, 6.45) is 0. The summed E-state index contributed by atoms with van der Waals surface area (Å²) >= 11 is 2.36. The minimum Gasteiger partial charge on any atom is -0.395 e. The molecule has 0 spiro atoms. The summed E-state index contributed by atoms with van der Waals surface area (Å²) in [6, 6.07) is 0. The van der Waals surface area contributed by atoms with Crippen molar-refractivity contribution in [3.63, 3.8) is 0 Å². The van der Waals surface area contributed by atoms with Gasteiger partial charge in [-0.15, -0.1) is 0 Å². The van der Waals surface area contributed by atoms with Gasteiger partial charge in [0.15, 0.2) is 0 Å². The minimum absolute atomic E-state index is 0.188. The van der Waals surface area contributed by atoms with Gasteiger partial charge in [0.1, 0.15) is 0 Å². The zero-order valence-electron chi connectivity index (χ0n) is 7.60. The highest BCUT2D eigenvalue weighted by Crippen LogP contribution is 2.12. The number of nitrogens with zero attached hydrogens (tertiary/aromatic N) is 1. The van der Waals surface area contributed by atoms with Crippen LogP contribution < -0.4 is 0 Å². The third kappa shape index (κ3) is 4.98. The summed E-state index contributed by atoms with van der Waals surface area (Å²) < 4.78 is 1.12. The summed E-state index contributed by atoms with van der Waals surface area (Å²) in [4.78, 5) is 2.29. The molecule has 0 amide bonds. The van der Waals surface area contributed by atoms with Gasteiger partial charge in [-0.2, -0.15) is 0 Å². The maximum atomic E-state index is 8.78. The molecule has 0 aromatic carbocycles. The molecule has 68 valence electrons. The normalized spacial score (nSPS) is 12.5. The summed E-state index contributed by atoms with van der Waals surface area (Å²) in [7, 11) is 0. The molecule has 0 fully saturated rings. The number of aliphatic hydroxyl groups excluding tert-OH is 1. The van der Waals surface area contributed by atoms with Crippen molar-refractivity contribution in [3.05, 3.63) is 0 Å². The highest BCUT2D eigenvalue weighted by atomic mass is 127. The van der Waals surface area contributed by atoms with Crippen LogP contribution in [-0.4, -0.2) is 39.7 Å². The Bertz CT molecular complexity index is 94.8. The Morgan fingerprint density at radius 3 is 2.09 bits per heavy atom. The second-order valence-corrected chi connectivity index (χ2v) is 4.65. The van der Waals surface area contributed by atoms with Gasteiger partial charge in [-0.05, 0) is 20.8 Å². The van der Waals surface area contributed by atoms with Crippen LogP contribution in [0.25, 0.3) is 0 Å². The van der Waals surface area contributed by atoms with E-state index >= 15 is 0 Å². The van der Waals surface area contributed by atoms with Crippen LogP contribution in [0, 0.1) is 0 Å². The summed E-state index contributed by atoms with van der Waals surface area (Å²) in [6.45, 7) is 8.63. The number of alkyl halides is 1. The van der Waals surface area contributed by atoms with E-state index in [4.69, 9.17) is 5.11 Å². The standard InChI is InChI=1S/C8H18INO/c1-8(2,3)10(5-4-9)6-7-11/h11H,4-7H2,1-3H3. The third-order valence-electron chi connectivity index (χ3n) is 1.67. The van der Waals surface area contributed by atoms with E-state index < -0.39 is 0 Å². The smallest absolute Gasteiger partial charge is 0.0558 e. The molecule has 0 rings (SSSR count). The fraction of sp³-hybridized carbons (Fsp3) is 1.00. The van der Waals surface area contributed by atoms with Crippen molar-refractivity contribution >= 4 is 22.6 Å². The maximum Gasteiger partial charge on any atom is 0.0558 e. The number of rotatable bonds is 4. The summed E-state index contributed by atoms with van der Waals surface area (Å²) in [5.74, 6) is 0. The Hall–Kier alpha value is 0.650. The first-order valence-electron chi connectivity index (χ1n) is 3.94. The van der Waals surface area contributed by atoms with Gasteiger partial charge in [0, 0.05) is 23.1 Å². The van der Waals surface area contributed by atoms with Crippen LogP contribution in [-0.2, 0) is 0 Å². The van der Waals surface area contributed by atoms with Gasteiger partial charge in [-0.1, -0.05) is 22.6 Å². The average Bonchev–Trinajstić information content (AvgIpc) is 1.85. The predicted octanol–water partition coefficient (Wildman–Crippen LogP) is 1.51. The molecule has 2 nitrogen and oxygen atoms in total. The van der Waals surface area contributed by atoms with E-state index in [0.29, 0.717) is 0 Å². The predicted molar refractivity (Wildman–Crippen MR) is 57.3 cm³/mol. The molecular weight excluding hydrogens is 253 g/mol. The second-order valence-electron chi connectivity index (χ2n) is 3.57. The monoisotopic (exact) mass is 271 g/mol. The van der Waals surface area contributed by atoms with E-state index in [1.54, 1.807) is 0 Å². The number of halogens is 1. The van der Waals surface area contributed by atoms with Crippen LogP contribution >= 0.6 is 22.6 Å². The lowest BCUT2D eigenvalue weighted by Gasteiger charge is -2.34. The fourth-order valence-electron chi connectivity index (χ4n) is 1.01. The van der Waals surface area contributed by atoms with Gasteiger partial charge in [0.2, 0.25) is 0 Å². The van der Waals surface area contributed by atoms with Gasteiger partial charge in [-0.3, -0.25) is 4.90 Å². The lowest BCUT2D eigenvalue weighted by Crippen LogP contribution is -2.44. The molecular formula is C8H18INO. The highest BCUT2D eigenvalue weighted by Gasteiger charge is 2.19. The van der Waals surface area contributed by atoms with Crippen LogP contribution in [0.2, 0.25) is 0 Å². The van der Waals surface area contributed by atoms with E-state index in [1.165, 1.54) is 0 Å². The van der Waals surface area contributed by atoms with E-state index in [9.17, 15) is 0 Å². The molecule has 0 unspecified atom stereocenters. The third-order valence-corrected chi connectivity index (χ3v) is 2.16. The maximum absolute atomic E-state index is 8.78. The lowest BCUT2D eigenvalue weighted by atomic mass is 10.1. The number of aliphatic hydroxyl groups is 1. The Morgan fingerprint density at radius 2 is 1.82 bits per heavy atom. The molecule has 0 aromatic heterocycles. The zero-order valence-corrected chi connectivity index (χ0v) is 9.76. The fourth-order valence-corrected chi connectivity index (χ4v) is 1.59. The Balaban J connectivity index is 3.88. The van der Waals surface area contributed by atoms with Crippen molar-refractivity contribution < 1.29 is 5.11 Å². The molecule has 11 heavy (non-hydrogen) atoms. The van der Waals surface area contributed by atoms with E-state index in [1.807, 2.05) is 0 Å². The Morgan fingerprint density at radius 1 is 1.27 bits per heavy atom. The number of hydrogen-bond acceptors (Lipinski definition) is 2. The van der Waals surface area contributed by atoms with Crippen LogP contribution in [0.4, 0.5) is 0 Å². The second kappa shape index (κ2) is 5.32. The van der Waals surface area contributed by atoms with Crippen molar-refractivity contribution in [2.75, 3.05) is 24.1 Å². The molecule has 0 saturated carbocycles. The molecule has 0 heterocycles. The molecule has 1 N–H and O–H groups in total. The molecule has 0 aliphatic heterocycles. The van der Waals surface area contributed by atoms with Crippen molar-refractivity contribution in [3.8, 4) is 0 Å². The molecule has 0 aliphatic carbocycles. The first kappa shape index (κ1) is 11.6. The van der Waals surface area contributed by atoms with Gasteiger partial charge < -0.3 is 5.11 Å². The molecule has 0 bridgehead atoms. The highest BCUT2D eigenvalue weighted by molar-refractivity contribution is 14.1. The van der Waals surface area contributed by atoms with Crippen LogP contribution in [0.3, 0.4) is 0 Å². The molecule has 0 atom stereocenters. The minimum atomic E-state index is 0.188. The molecule has 0 radical (unpaired) electrons. The zero-order chi connectivity index (χ0) is 8.91. The van der Waals surface area contributed by atoms with Crippen LogP contribution in [0.1, 0.15) is 20.8 Å². The quantitative estimate of drug-likeness (QED) is 0.619. The number of β-amino-alcohol motifs (C(OH)–C–C–N with tert-alkyl or cyclic N) is 1. The van der Waals surface area contributed by atoms with Crippen molar-refractivity contribution in [2.24, 2.45) is 0 Å². The average molecular weight is 271 g/mol. The molecule has 0 aliphatic rings. The van der Waals surface area contributed by atoms with Gasteiger partial charge in [-0.25, -0.2) is 0 Å². The first-order valence-corrected chi connectivity index (χ1v) is 5.47. The van der Waals surface area contributed by atoms with Crippen molar-refractivity contribution in [1.82, 2.24) is 4.90 Å². The number of hydrogen-bond donors (Lipinski definition) is 1. The SMILES string of the molecule is CC(C)(C)N(CCO)CCI. The van der Waals surface area contributed by atoms with Gasteiger partial charge in [0.05, 0.1) is 6.61 Å². The van der Waals surface area contributed by atoms with Gasteiger partial charge in [0.25, 0.3) is 0 Å². The van der Waals surface area contributed by atoms with Gasteiger partial charge >= 0.3 is 0 Å². The first-order chi connectivity index (χ1) is 5.02. The summed E-state index contributed by atoms with van der Waals surface area (Å²) in [5.41, 5.74) is 0.188. The lowest BCUT2D eigenvalue weighted by molar-refractivity contribution is 0.114. The van der Waals surface area contributed by atoms with E-state index in [0.717, 1.165) is 17.5 Å². The van der Waals surface area contributed by atoms with Crippen molar-refractivity contribution in [1.29, 1.82) is 0 Å². The summed E-state index contributed by atoms with van der Waals surface area (Å²) in [5, 5.41) is 8.78. The topological polar surface area (TPSA) is 23.5 Å². The Kier molecular flexibility index (Phi) is 5.64. The van der Waals surface area contributed by atoms with Crippen LogP contribution in [0.5, 0.6) is 0 Å². The molecule has 0 aromatic rings.